The van der Waals surface area contributed by atoms with Crippen molar-refractivity contribution in [1.29, 1.82) is 0 Å². The summed E-state index contributed by atoms with van der Waals surface area (Å²) in [4.78, 5) is 4.32. The van der Waals surface area contributed by atoms with Gasteiger partial charge in [-0.25, -0.2) is 0 Å². The normalized spacial score (nSPS) is 17.0. The lowest BCUT2D eigenvalue weighted by Crippen LogP contribution is -2.39. The number of hydrogen-bond acceptors (Lipinski definition) is 4. The highest BCUT2D eigenvalue weighted by atomic mass is 16.5. The molecule has 1 aromatic carbocycles. The van der Waals surface area contributed by atoms with E-state index in [1.807, 2.05) is 6.07 Å². The molecule has 0 saturated carbocycles. The summed E-state index contributed by atoms with van der Waals surface area (Å²) in [7, 11) is 3.49. The zero-order valence-corrected chi connectivity index (χ0v) is 16.5. The molecule has 0 amide bonds. The topological polar surface area (TPSA) is 64.1 Å². The van der Waals surface area contributed by atoms with E-state index < -0.39 is 0 Å². The quantitative estimate of drug-likeness (QED) is 0.422. The van der Waals surface area contributed by atoms with Crippen LogP contribution in [-0.2, 0) is 9.47 Å². The van der Waals surface area contributed by atoms with E-state index in [-0.39, 0.29) is 6.04 Å². The standard InChI is InChI=1S/C20H33N3O3/c1-15-6-7-19(24-4)18(14-15)16(2)23-20(21-3)22-10-5-11-26-17-8-12-25-13-9-17/h6-7,14,16-17H,5,8-13H2,1-4H3,(H2,21,22,23). The molecule has 1 aliphatic heterocycles. The van der Waals surface area contributed by atoms with Gasteiger partial charge in [-0.1, -0.05) is 17.7 Å². The summed E-state index contributed by atoms with van der Waals surface area (Å²) in [5, 5.41) is 6.78. The Morgan fingerprint density at radius 1 is 1.35 bits per heavy atom. The Balaban J connectivity index is 1.74. The molecule has 0 spiro atoms. The average molecular weight is 364 g/mol. The minimum Gasteiger partial charge on any atom is -0.496 e. The number of rotatable bonds is 8. The summed E-state index contributed by atoms with van der Waals surface area (Å²) in [5.41, 5.74) is 2.33. The second-order valence-corrected chi connectivity index (χ2v) is 6.65. The van der Waals surface area contributed by atoms with Crippen LogP contribution in [0.4, 0.5) is 0 Å². The van der Waals surface area contributed by atoms with Gasteiger partial charge in [-0.05, 0) is 39.2 Å². The molecule has 0 aliphatic carbocycles. The van der Waals surface area contributed by atoms with Gasteiger partial charge in [0, 0.05) is 39.0 Å². The van der Waals surface area contributed by atoms with Crippen molar-refractivity contribution in [2.45, 2.75) is 45.3 Å². The molecule has 1 saturated heterocycles. The lowest BCUT2D eigenvalue weighted by atomic mass is 10.0. The monoisotopic (exact) mass is 363 g/mol. The van der Waals surface area contributed by atoms with Gasteiger partial charge in [-0.2, -0.15) is 0 Å². The first-order valence-electron chi connectivity index (χ1n) is 9.45. The molecule has 1 aromatic rings. The second kappa shape index (κ2) is 11.0. The summed E-state index contributed by atoms with van der Waals surface area (Å²) in [5.74, 6) is 1.67. The lowest BCUT2D eigenvalue weighted by molar-refractivity contribution is -0.0320. The Hall–Kier alpha value is -1.79. The predicted molar refractivity (Wildman–Crippen MR) is 105 cm³/mol. The number of nitrogens with zero attached hydrogens (tertiary/aromatic N) is 1. The van der Waals surface area contributed by atoms with Gasteiger partial charge in [0.2, 0.25) is 0 Å². The SMILES string of the molecule is CN=C(NCCCOC1CCOCC1)NC(C)c1cc(C)ccc1OC. The number of aliphatic imine (C=N–C) groups is 1. The number of methoxy groups -OCH3 is 1. The molecule has 1 unspecified atom stereocenters. The summed E-state index contributed by atoms with van der Waals surface area (Å²) in [6, 6.07) is 6.30. The van der Waals surface area contributed by atoms with Gasteiger partial charge in [0.05, 0.1) is 19.3 Å². The highest BCUT2D eigenvalue weighted by Gasteiger charge is 2.14. The first-order chi connectivity index (χ1) is 12.6. The first-order valence-corrected chi connectivity index (χ1v) is 9.45. The molecule has 146 valence electrons. The van der Waals surface area contributed by atoms with Crippen LogP contribution in [0.1, 0.15) is 43.4 Å². The third kappa shape index (κ3) is 6.50. The Kier molecular flexibility index (Phi) is 8.71. The largest absolute Gasteiger partial charge is 0.496 e. The zero-order chi connectivity index (χ0) is 18.8. The number of ether oxygens (including phenoxy) is 3. The molecule has 1 heterocycles. The van der Waals surface area contributed by atoms with Crippen LogP contribution in [0.15, 0.2) is 23.2 Å². The first kappa shape index (κ1) is 20.5. The average Bonchev–Trinajstić information content (AvgIpc) is 2.67. The molecule has 2 rings (SSSR count). The van der Waals surface area contributed by atoms with Gasteiger partial charge >= 0.3 is 0 Å². The summed E-state index contributed by atoms with van der Waals surface area (Å²) in [6.07, 6.45) is 3.31. The third-order valence-corrected chi connectivity index (χ3v) is 4.56. The molecule has 0 bridgehead atoms. The molecular formula is C20H33N3O3. The van der Waals surface area contributed by atoms with Crippen LogP contribution in [-0.4, -0.2) is 52.6 Å². The van der Waals surface area contributed by atoms with Gasteiger partial charge in [0.15, 0.2) is 5.96 Å². The van der Waals surface area contributed by atoms with Crippen molar-refractivity contribution in [2.75, 3.05) is 40.5 Å². The number of nitrogens with one attached hydrogen (secondary N) is 2. The van der Waals surface area contributed by atoms with Gasteiger partial charge in [-0.15, -0.1) is 0 Å². The van der Waals surface area contributed by atoms with E-state index in [4.69, 9.17) is 14.2 Å². The molecule has 1 aliphatic rings. The van der Waals surface area contributed by atoms with E-state index in [1.54, 1.807) is 14.2 Å². The molecule has 1 fully saturated rings. The van der Waals surface area contributed by atoms with E-state index in [9.17, 15) is 0 Å². The van der Waals surface area contributed by atoms with Gasteiger partial charge in [0.1, 0.15) is 5.75 Å². The molecule has 6 nitrogen and oxygen atoms in total. The molecular weight excluding hydrogens is 330 g/mol. The van der Waals surface area contributed by atoms with Crippen LogP contribution in [0, 0.1) is 6.92 Å². The van der Waals surface area contributed by atoms with Gasteiger partial charge in [-0.3, -0.25) is 4.99 Å². The van der Waals surface area contributed by atoms with Crippen molar-refractivity contribution in [2.24, 2.45) is 4.99 Å². The van der Waals surface area contributed by atoms with E-state index in [1.165, 1.54) is 5.56 Å². The third-order valence-electron chi connectivity index (χ3n) is 4.56. The van der Waals surface area contributed by atoms with Crippen molar-refractivity contribution < 1.29 is 14.2 Å². The van der Waals surface area contributed by atoms with Crippen molar-refractivity contribution in [3.63, 3.8) is 0 Å². The summed E-state index contributed by atoms with van der Waals surface area (Å²) < 4.78 is 16.7. The number of benzene rings is 1. The lowest BCUT2D eigenvalue weighted by Gasteiger charge is -2.23. The fourth-order valence-electron chi connectivity index (χ4n) is 3.04. The van der Waals surface area contributed by atoms with Gasteiger partial charge < -0.3 is 24.8 Å². The highest BCUT2D eigenvalue weighted by Crippen LogP contribution is 2.25. The predicted octanol–water partition coefficient (Wildman–Crippen LogP) is 2.82. The van der Waals surface area contributed by atoms with Crippen molar-refractivity contribution >= 4 is 5.96 Å². The minimum atomic E-state index is 0.0922. The van der Waals surface area contributed by atoms with E-state index >= 15 is 0 Å². The van der Waals surface area contributed by atoms with E-state index in [0.29, 0.717) is 6.10 Å². The Morgan fingerprint density at radius 3 is 2.81 bits per heavy atom. The summed E-state index contributed by atoms with van der Waals surface area (Å²) >= 11 is 0. The molecule has 1 atom stereocenters. The van der Waals surface area contributed by atoms with Crippen LogP contribution in [0.3, 0.4) is 0 Å². The Morgan fingerprint density at radius 2 is 2.12 bits per heavy atom. The van der Waals surface area contributed by atoms with Crippen molar-refractivity contribution in [3.05, 3.63) is 29.3 Å². The molecule has 26 heavy (non-hydrogen) atoms. The Bertz CT molecular complexity index is 571. The maximum absolute atomic E-state index is 5.90. The summed E-state index contributed by atoms with van der Waals surface area (Å²) in [6.45, 7) is 7.41. The fourth-order valence-corrected chi connectivity index (χ4v) is 3.04. The fraction of sp³-hybridized carbons (Fsp3) is 0.650. The van der Waals surface area contributed by atoms with Crippen molar-refractivity contribution in [1.82, 2.24) is 10.6 Å². The van der Waals surface area contributed by atoms with E-state index in [0.717, 1.165) is 62.9 Å². The van der Waals surface area contributed by atoms with Crippen molar-refractivity contribution in [3.8, 4) is 5.75 Å². The molecule has 0 radical (unpaired) electrons. The van der Waals surface area contributed by atoms with E-state index in [2.05, 4.69) is 41.6 Å². The smallest absolute Gasteiger partial charge is 0.191 e. The maximum Gasteiger partial charge on any atom is 0.191 e. The highest BCUT2D eigenvalue weighted by molar-refractivity contribution is 5.80. The number of guanidine groups is 1. The molecule has 0 aromatic heterocycles. The molecule has 2 N–H and O–H groups in total. The van der Waals surface area contributed by atoms with Crippen LogP contribution in [0.2, 0.25) is 0 Å². The van der Waals surface area contributed by atoms with Gasteiger partial charge in [0.25, 0.3) is 0 Å². The van der Waals surface area contributed by atoms with Crippen LogP contribution < -0.4 is 15.4 Å². The van der Waals surface area contributed by atoms with Crippen LogP contribution >= 0.6 is 0 Å². The van der Waals surface area contributed by atoms with Crippen LogP contribution in [0.25, 0.3) is 0 Å². The maximum atomic E-state index is 5.90. The van der Waals surface area contributed by atoms with Crippen LogP contribution in [0.5, 0.6) is 5.75 Å². The second-order valence-electron chi connectivity index (χ2n) is 6.65. The Labute approximate surface area is 157 Å². The molecule has 6 heteroatoms. The number of hydrogen-bond donors (Lipinski definition) is 2. The zero-order valence-electron chi connectivity index (χ0n) is 16.5. The minimum absolute atomic E-state index is 0.0922. The number of aryl methyl sites for hydroxylation is 1.